The van der Waals surface area contributed by atoms with Crippen LogP contribution in [0, 0.1) is 0 Å². The smallest absolute Gasteiger partial charge is 0.250 e. The quantitative estimate of drug-likeness (QED) is 0.221. The summed E-state index contributed by atoms with van der Waals surface area (Å²) in [7, 11) is 1.48. The van der Waals surface area contributed by atoms with Crippen LogP contribution in [-0.2, 0) is 22.7 Å². The van der Waals surface area contributed by atoms with E-state index in [0.29, 0.717) is 40.1 Å². The second-order valence-electron chi connectivity index (χ2n) is 9.32. The Morgan fingerprint density at radius 3 is 2.88 bits per heavy atom. The highest BCUT2D eigenvalue weighted by Crippen LogP contribution is 2.32. The van der Waals surface area contributed by atoms with Crippen molar-refractivity contribution < 1.29 is 23.8 Å². The number of likely N-dealkylation sites (N-methyl/N-ethyl adjacent to an activating group) is 1. The molecule has 1 saturated heterocycles. The number of ether oxygens (including phenoxy) is 2. The number of para-hydroxylation sites is 1. The number of aromatic nitrogens is 4. The van der Waals surface area contributed by atoms with E-state index >= 15 is 0 Å². The number of fused-ring (bicyclic) bond motifs is 2. The molecule has 206 valence electrons. The topological polar surface area (TPSA) is 163 Å². The van der Waals surface area contributed by atoms with E-state index < -0.39 is 30.4 Å². The molecule has 1 amide bonds. The van der Waals surface area contributed by atoms with Crippen molar-refractivity contribution in [2.45, 2.75) is 37.6 Å². The fourth-order valence-corrected chi connectivity index (χ4v) is 4.92. The fraction of sp³-hybridized carbons (Fsp3) is 0.259. The zero-order chi connectivity index (χ0) is 27.8. The van der Waals surface area contributed by atoms with E-state index in [1.165, 1.54) is 24.3 Å². The van der Waals surface area contributed by atoms with Crippen molar-refractivity contribution >= 4 is 45.5 Å². The van der Waals surface area contributed by atoms with Gasteiger partial charge in [0, 0.05) is 29.6 Å². The molecule has 4 atom stereocenters. The summed E-state index contributed by atoms with van der Waals surface area (Å²) in [5.74, 6) is 1.36. The lowest BCUT2D eigenvalue weighted by atomic mass is 10.1. The van der Waals surface area contributed by atoms with E-state index in [1.807, 2.05) is 36.4 Å². The predicted molar refractivity (Wildman–Crippen MR) is 147 cm³/mol. The predicted octanol–water partition coefficient (Wildman–Crippen LogP) is 2.75. The van der Waals surface area contributed by atoms with Crippen molar-refractivity contribution in [2.75, 3.05) is 12.4 Å². The Morgan fingerprint density at radius 2 is 2.05 bits per heavy atom. The summed E-state index contributed by atoms with van der Waals surface area (Å²) in [6.07, 6.45) is -0.265. The molecule has 13 heteroatoms. The molecule has 0 unspecified atom stereocenters. The van der Waals surface area contributed by atoms with Gasteiger partial charge < -0.3 is 35.4 Å². The lowest BCUT2D eigenvalue weighted by molar-refractivity contribution is -0.134. The van der Waals surface area contributed by atoms with Gasteiger partial charge in [-0.2, -0.15) is 0 Å². The number of furan rings is 1. The third kappa shape index (κ3) is 4.82. The van der Waals surface area contributed by atoms with Crippen molar-refractivity contribution in [2.24, 2.45) is 5.73 Å². The van der Waals surface area contributed by atoms with Crippen molar-refractivity contribution in [3.8, 4) is 5.75 Å². The van der Waals surface area contributed by atoms with Crippen LogP contribution in [0.1, 0.15) is 17.6 Å². The first-order valence-corrected chi connectivity index (χ1v) is 12.9. The molecule has 2 aromatic carbocycles. The average Bonchev–Trinajstić information content (AvgIpc) is 3.66. The first kappa shape index (κ1) is 26.0. The van der Waals surface area contributed by atoms with Gasteiger partial charge in [-0.15, -0.1) is 0 Å². The van der Waals surface area contributed by atoms with E-state index in [1.54, 1.807) is 12.1 Å². The number of carbonyl (C=O) groups excluding carboxylic acids is 1. The number of carbonyl (C=O) groups is 1. The molecule has 0 spiro atoms. The highest BCUT2D eigenvalue weighted by atomic mass is 35.5. The summed E-state index contributed by atoms with van der Waals surface area (Å²) in [6.45, 7) is 0.565. The number of anilines is 1. The summed E-state index contributed by atoms with van der Waals surface area (Å²) in [5.41, 5.74) is 8.49. The number of amides is 1. The molecule has 5 N–H and O–H groups in total. The highest BCUT2D eigenvalue weighted by Gasteiger charge is 2.46. The van der Waals surface area contributed by atoms with E-state index in [9.17, 15) is 9.90 Å². The average molecular weight is 564 g/mol. The van der Waals surface area contributed by atoms with Crippen LogP contribution in [0.4, 0.5) is 5.82 Å². The van der Waals surface area contributed by atoms with Gasteiger partial charge >= 0.3 is 0 Å². The number of nitrogens with zero attached hydrogens (tertiary/aromatic N) is 4. The standard InChI is InChI=1S/C27H26ClN7O5/c1-30-26(37)23-20(29)22(36)27(40-23)35-13-34-21-24(32-12-33-25(21)35)31-10-15-8-16(28)6-7-18(15)38-11-17-9-14-4-2-3-5-19(14)39-17/h2-9,12-13,20,22-23,27,36H,10-11,29H2,1H3,(H,30,37)(H,31,32,33)/t20-,22+,23-,27+/m0/s1. The molecule has 40 heavy (non-hydrogen) atoms. The van der Waals surface area contributed by atoms with Crippen LogP contribution in [0.5, 0.6) is 5.75 Å². The first-order chi connectivity index (χ1) is 19.4. The Bertz CT molecular complexity index is 1660. The van der Waals surface area contributed by atoms with E-state index in [-0.39, 0.29) is 6.61 Å². The summed E-state index contributed by atoms with van der Waals surface area (Å²) in [6, 6.07) is 14.2. The number of aliphatic hydroxyl groups is 1. The number of nitrogens with two attached hydrogens (primary N) is 1. The Morgan fingerprint density at radius 1 is 1.20 bits per heavy atom. The molecule has 1 fully saturated rings. The summed E-state index contributed by atoms with van der Waals surface area (Å²) < 4.78 is 19.3. The zero-order valence-electron chi connectivity index (χ0n) is 21.3. The third-order valence-corrected chi connectivity index (χ3v) is 7.01. The van der Waals surface area contributed by atoms with Crippen LogP contribution >= 0.6 is 11.6 Å². The molecule has 0 bridgehead atoms. The number of aliphatic hydroxyl groups excluding tert-OH is 1. The summed E-state index contributed by atoms with van der Waals surface area (Å²) >= 11 is 6.29. The van der Waals surface area contributed by atoms with Gasteiger partial charge in [0.05, 0.1) is 12.4 Å². The molecule has 0 aliphatic carbocycles. The monoisotopic (exact) mass is 563 g/mol. The maximum atomic E-state index is 12.1. The minimum absolute atomic E-state index is 0.244. The maximum absolute atomic E-state index is 12.1. The van der Waals surface area contributed by atoms with Gasteiger partial charge in [-0.3, -0.25) is 9.36 Å². The molecule has 1 aliphatic heterocycles. The zero-order valence-corrected chi connectivity index (χ0v) is 22.1. The van der Waals surface area contributed by atoms with Gasteiger partial charge in [-0.1, -0.05) is 29.8 Å². The van der Waals surface area contributed by atoms with E-state index in [0.717, 1.165) is 16.5 Å². The van der Waals surface area contributed by atoms with Gasteiger partial charge in [-0.05, 0) is 30.3 Å². The van der Waals surface area contributed by atoms with Gasteiger partial charge in [0.1, 0.15) is 36.1 Å². The first-order valence-electron chi connectivity index (χ1n) is 12.5. The minimum atomic E-state index is -1.15. The fourth-order valence-electron chi connectivity index (χ4n) is 4.73. The van der Waals surface area contributed by atoms with Crippen molar-refractivity contribution in [3.05, 3.63) is 77.5 Å². The van der Waals surface area contributed by atoms with Gasteiger partial charge in [0.15, 0.2) is 29.3 Å². The molecule has 4 heterocycles. The lowest BCUT2D eigenvalue weighted by Crippen LogP contribution is -2.46. The van der Waals surface area contributed by atoms with Crippen molar-refractivity contribution in [1.29, 1.82) is 0 Å². The summed E-state index contributed by atoms with van der Waals surface area (Å²) in [4.78, 5) is 25.2. The molecular formula is C27H26ClN7O5. The van der Waals surface area contributed by atoms with Crippen LogP contribution in [0.2, 0.25) is 5.02 Å². The number of nitrogens with one attached hydrogen (secondary N) is 2. The third-order valence-electron chi connectivity index (χ3n) is 6.78. The van der Waals surface area contributed by atoms with Crippen LogP contribution in [-0.4, -0.2) is 55.8 Å². The Balaban J connectivity index is 1.20. The van der Waals surface area contributed by atoms with E-state index in [2.05, 4.69) is 25.6 Å². The van der Waals surface area contributed by atoms with Crippen LogP contribution in [0.3, 0.4) is 0 Å². The normalized spacial score (nSPS) is 20.7. The number of hydrogen-bond donors (Lipinski definition) is 4. The second-order valence-corrected chi connectivity index (χ2v) is 9.76. The van der Waals surface area contributed by atoms with Crippen molar-refractivity contribution in [1.82, 2.24) is 24.8 Å². The number of rotatable bonds is 8. The molecule has 12 nitrogen and oxygen atoms in total. The Labute approximate surface area is 233 Å². The molecule has 0 radical (unpaired) electrons. The number of halogens is 1. The number of benzene rings is 2. The highest BCUT2D eigenvalue weighted by molar-refractivity contribution is 6.30. The number of hydrogen-bond acceptors (Lipinski definition) is 10. The Hall–Kier alpha value is -4.23. The van der Waals surface area contributed by atoms with Crippen molar-refractivity contribution in [3.63, 3.8) is 0 Å². The van der Waals surface area contributed by atoms with Gasteiger partial charge in [0.2, 0.25) is 0 Å². The van der Waals surface area contributed by atoms with Gasteiger partial charge in [0.25, 0.3) is 5.91 Å². The number of imidazole rings is 1. The van der Waals surface area contributed by atoms with Crippen LogP contribution in [0.15, 0.2) is 65.6 Å². The molecule has 1 aliphatic rings. The van der Waals surface area contributed by atoms with E-state index in [4.69, 9.17) is 31.2 Å². The minimum Gasteiger partial charge on any atom is -0.485 e. The summed E-state index contributed by atoms with van der Waals surface area (Å²) in [5, 5.41) is 18.0. The van der Waals surface area contributed by atoms with Crippen LogP contribution < -0.4 is 21.1 Å². The largest absolute Gasteiger partial charge is 0.485 e. The molecule has 0 saturated carbocycles. The molecule has 3 aromatic heterocycles. The molecular weight excluding hydrogens is 538 g/mol. The SMILES string of the molecule is CNC(=O)[C@H]1O[C@@H](n2cnc3c(NCc4cc(Cl)ccc4OCc4cc5ccccc5o4)ncnc32)[C@H](O)[C@@H]1N. The molecule has 6 rings (SSSR count). The van der Waals surface area contributed by atoms with Gasteiger partial charge in [-0.25, -0.2) is 15.0 Å². The lowest BCUT2D eigenvalue weighted by Gasteiger charge is -2.17. The second kappa shape index (κ2) is 10.7. The Kier molecular flexibility index (Phi) is 6.98. The van der Waals surface area contributed by atoms with Crippen LogP contribution in [0.25, 0.3) is 22.1 Å². The maximum Gasteiger partial charge on any atom is 0.250 e. The molecule has 5 aromatic rings.